The molecule has 3 fully saturated rings. The van der Waals surface area contributed by atoms with Crippen LogP contribution in [0.5, 0.6) is 0 Å². The molecule has 2 N–H and O–H groups in total. The van der Waals surface area contributed by atoms with Crippen LogP contribution in [0.2, 0.25) is 0 Å². The lowest BCUT2D eigenvalue weighted by Gasteiger charge is -2.36. The van der Waals surface area contributed by atoms with Crippen LogP contribution in [0, 0.1) is 0 Å². The van der Waals surface area contributed by atoms with E-state index in [0.717, 1.165) is 53.1 Å². The third-order valence-corrected chi connectivity index (χ3v) is 15.3. The molecule has 1 aliphatic heterocycles. The highest BCUT2D eigenvalue weighted by Crippen LogP contribution is 2.49. The molecule has 0 bridgehead atoms. The van der Waals surface area contributed by atoms with Crippen molar-refractivity contribution >= 4 is 11.4 Å². The lowest BCUT2D eigenvalue weighted by molar-refractivity contribution is 0.304. The second-order valence-electron chi connectivity index (χ2n) is 21.6. The standard InChI is InChI=1S/C33H39N3.C18H27N.C15H12N2.10H2/c1-23(2)27-18-13-19-28(24(3)4)33(27)34-29-20-11-12-21-31(29)36-32(26-16-9-6-10-17-26)22-30(35-36)25-14-7-5-8-15-25;1-12(2)14-8-7-9-15(13(3)4)18(14)19-16-10-5-6-11-17(16)19;1-3-7-12(8-4-1)14-11-15(17-16-14)13-9-5-2-6-10-13;;;;;;;;;;/h5-10,13-19,22-24,29,31,34H,11-12,20-21H2,1-4H3;7-9,12-13,16-17H,5-6,10-11H2,1-4H3;1-11H,(H,16,17);10*1H/t29-,31-;;;;;;;;;;;;/m0............/s1. The molecule has 8 aromatic rings. The Hall–Kier alpha value is -6.66. The number of hydrogen-bond donors (Lipinski definition) is 2. The molecule has 6 nitrogen and oxygen atoms in total. The number of benzene rings is 6. The summed E-state index contributed by atoms with van der Waals surface area (Å²) in [5, 5.41) is 16.8. The zero-order chi connectivity index (χ0) is 50.1. The minimum Gasteiger partial charge on any atom is -0.380 e. The van der Waals surface area contributed by atoms with Gasteiger partial charge in [-0.3, -0.25) is 9.78 Å². The molecule has 0 amide bonds. The Morgan fingerprint density at radius 2 is 0.889 bits per heavy atom. The van der Waals surface area contributed by atoms with Crippen molar-refractivity contribution in [3.05, 3.63) is 192 Å². The van der Waals surface area contributed by atoms with E-state index >= 15 is 0 Å². The number of hydrogen-bond acceptors (Lipinski definition) is 4. The highest BCUT2D eigenvalue weighted by Gasteiger charge is 2.49. The Morgan fingerprint density at radius 3 is 1.39 bits per heavy atom. The smallest absolute Gasteiger partial charge is 0.0929 e. The molecule has 4 atom stereocenters. The summed E-state index contributed by atoms with van der Waals surface area (Å²) in [7, 11) is 0. The maximum atomic E-state index is 5.26. The fraction of sp³-hybridized carbons (Fsp3) is 0.364. The van der Waals surface area contributed by atoms with Crippen LogP contribution in [0.25, 0.3) is 45.0 Å². The molecule has 3 heterocycles. The lowest BCUT2D eigenvalue weighted by atomic mass is 9.87. The first-order valence-corrected chi connectivity index (χ1v) is 27.2. The number of para-hydroxylation sites is 2. The van der Waals surface area contributed by atoms with E-state index in [1.165, 1.54) is 72.2 Å². The van der Waals surface area contributed by atoms with E-state index < -0.39 is 0 Å². The van der Waals surface area contributed by atoms with E-state index in [1.807, 2.05) is 36.4 Å². The molecule has 0 radical (unpaired) electrons. The molecule has 6 heteroatoms. The maximum absolute atomic E-state index is 5.26. The van der Waals surface area contributed by atoms with Crippen molar-refractivity contribution in [1.82, 2.24) is 20.0 Å². The second-order valence-corrected chi connectivity index (χ2v) is 21.6. The van der Waals surface area contributed by atoms with Gasteiger partial charge in [-0.1, -0.05) is 239 Å². The maximum Gasteiger partial charge on any atom is 0.0929 e. The first kappa shape index (κ1) is 50.3. The average Bonchev–Trinajstić information content (AvgIpc) is 2.88. The van der Waals surface area contributed by atoms with E-state index in [0.29, 0.717) is 35.8 Å². The van der Waals surface area contributed by atoms with Crippen molar-refractivity contribution in [2.45, 2.75) is 155 Å². The van der Waals surface area contributed by atoms with Gasteiger partial charge in [0.1, 0.15) is 0 Å². The summed E-state index contributed by atoms with van der Waals surface area (Å²) >= 11 is 0. The fourth-order valence-electron chi connectivity index (χ4n) is 11.4. The second kappa shape index (κ2) is 23.3. The molecule has 3 aliphatic rings. The normalized spacial score (nSPS) is 18.3. The number of rotatable bonds is 12. The highest BCUT2D eigenvalue weighted by molar-refractivity contribution is 5.71. The monoisotopic (exact) mass is 975 g/mol. The molecule has 0 spiro atoms. The number of anilines is 2. The average molecular weight is 976 g/mol. The molecule has 2 saturated carbocycles. The Kier molecular flexibility index (Phi) is 16.2. The van der Waals surface area contributed by atoms with Gasteiger partial charge in [0.05, 0.1) is 28.8 Å². The molecular formula is C66H98N6. The van der Waals surface area contributed by atoms with Gasteiger partial charge in [0.15, 0.2) is 0 Å². The number of aromatic amines is 1. The molecule has 392 valence electrons. The zero-order valence-electron chi connectivity index (χ0n) is 44.2. The van der Waals surface area contributed by atoms with Crippen molar-refractivity contribution in [2.75, 3.05) is 10.2 Å². The molecule has 6 aromatic carbocycles. The van der Waals surface area contributed by atoms with Gasteiger partial charge in [-0.05, 0) is 94.9 Å². The number of H-pyrrole nitrogens is 1. The number of nitrogens with zero attached hydrogens (tertiary/aromatic N) is 4. The largest absolute Gasteiger partial charge is 0.380 e. The number of nitrogens with one attached hydrogen (secondary N) is 2. The van der Waals surface area contributed by atoms with Crippen LogP contribution in [-0.2, 0) is 0 Å². The molecule has 1 saturated heterocycles. The van der Waals surface area contributed by atoms with Crippen LogP contribution in [0.4, 0.5) is 11.4 Å². The van der Waals surface area contributed by atoms with E-state index in [1.54, 1.807) is 16.8 Å². The van der Waals surface area contributed by atoms with E-state index in [2.05, 4.69) is 214 Å². The number of fused-ring (bicyclic) bond motifs is 1. The number of aromatic nitrogens is 4. The first-order chi connectivity index (χ1) is 35.1. The molecular weight excluding hydrogens is 877 g/mol. The van der Waals surface area contributed by atoms with Crippen LogP contribution in [0.3, 0.4) is 0 Å². The minimum atomic E-state index is 0. The van der Waals surface area contributed by atoms with Crippen molar-refractivity contribution in [1.29, 1.82) is 0 Å². The van der Waals surface area contributed by atoms with Gasteiger partial charge in [0.2, 0.25) is 0 Å². The van der Waals surface area contributed by atoms with Gasteiger partial charge in [0, 0.05) is 54.9 Å². The van der Waals surface area contributed by atoms with Gasteiger partial charge < -0.3 is 10.2 Å². The van der Waals surface area contributed by atoms with Crippen LogP contribution >= 0.6 is 0 Å². The summed E-state index contributed by atoms with van der Waals surface area (Å²) in [4.78, 5) is 2.75. The third kappa shape index (κ3) is 11.5. The summed E-state index contributed by atoms with van der Waals surface area (Å²) in [5.41, 5.74) is 17.8. The summed E-state index contributed by atoms with van der Waals surface area (Å²) in [6, 6.07) is 62.1. The third-order valence-electron chi connectivity index (χ3n) is 15.3. The summed E-state index contributed by atoms with van der Waals surface area (Å²) in [6.45, 7) is 18.5. The summed E-state index contributed by atoms with van der Waals surface area (Å²) in [6.07, 6.45) is 10.5. The predicted molar refractivity (Wildman–Crippen MR) is 326 cm³/mol. The van der Waals surface area contributed by atoms with E-state index in [9.17, 15) is 0 Å². The van der Waals surface area contributed by atoms with Gasteiger partial charge in [-0.2, -0.15) is 10.2 Å². The van der Waals surface area contributed by atoms with Gasteiger partial charge in [-0.15, -0.1) is 0 Å². The molecule has 2 aliphatic carbocycles. The summed E-state index contributed by atoms with van der Waals surface area (Å²) in [5.74, 6) is 2.19. The molecule has 2 unspecified atom stereocenters. The van der Waals surface area contributed by atoms with Crippen molar-refractivity contribution < 1.29 is 14.3 Å². The Labute approximate surface area is 446 Å². The quantitative estimate of drug-likeness (QED) is 0.120. The zero-order valence-corrected chi connectivity index (χ0v) is 44.2. The van der Waals surface area contributed by atoms with Gasteiger partial charge in [-0.25, -0.2) is 0 Å². The van der Waals surface area contributed by atoms with Crippen molar-refractivity contribution in [2.24, 2.45) is 0 Å². The molecule has 11 rings (SSSR count). The van der Waals surface area contributed by atoms with Crippen molar-refractivity contribution in [3.63, 3.8) is 0 Å². The Morgan fingerprint density at radius 1 is 0.458 bits per heavy atom. The minimum absolute atomic E-state index is 0. The Balaban J connectivity index is 0. The molecule has 2 aromatic heterocycles. The van der Waals surface area contributed by atoms with Gasteiger partial charge >= 0.3 is 0 Å². The predicted octanol–water partition coefficient (Wildman–Crippen LogP) is 20.3. The fourth-order valence-corrected chi connectivity index (χ4v) is 11.4. The lowest BCUT2D eigenvalue weighted by Crippen LogP contribution is -2.35. The van der Waals surface area contributed by atoms with Crippen LogP contribution < -0.4 is 10.2 Å². The topological polar surface area (TPSA) is 61.5 Å². The van der Waals surface area contributed by atoms with E-state index in [4.69, 9.17) is 5.10 Å². The molecule has 72 heavy (non-hydrogen) atoms. The Bertz CT molecular complexity index is 2860. The van der Waals surface area contributed by atoms with Crippen LogP contribution in [-0.4, -0.2) is 38.1 Å². The van der Waals surface area contributed by atoms with Crippen LogP contribution in [0.1, 0.15) is 173 Å². The SMILES string of the molecule is CC(C)c1cccc(C(C)C)c1N1C2CCCCC21.CC(C)c1cccc(C(C)C)c1N[C@H]1CCCC[C@@H]1n1nc(-c2ccccc2)cc1-c1ccccc1.[HH].[HH].[HH].[HH].[HH].[HH].[HH].[HH].[HH].[HH].c1ccc(-c2cc(-c3ccccc3)[nH]n2)cc1. The summed E-state index contributed by atoms with van der Waals surface area (Å²) < 4.78 is 2.33. The van der Waals surface area contributed by atoms with Gasteiger partial charge in [0.25, 0.3) is 0 Å². The van der Waals surface area contributed by atoms with E-state index in [-0.39, 0.29) is 14.3 Å². The first-order valence-electron chi connectivity index (χ1n) is 27.2. The highest BCUT2D eigenvalue weighted by atomic mass is 15.4. The van der Waals surface area contributed by atoms with Crippen molar-refractivity contribution in [3.8, 4) is 45.0 Å². The van der Waals surface area contributed by atoms with Crippen LogP contribution in [0.15, 0.2) is 170 Å².